The third kappa shape index (κ3) is 4.59. The molecule has 0 unspecified atom stereocenters. The fourth-order valence-electron chi connectivity index (χ4n) is 2.24. The molecule has 0 saturated carbocycles. The molecule has 0 aliphatic carbocycles. The van der Waals surface area contributed by atoms with Crippen LogP contribution in [0.2, 0.25) is 5.02 Å². The first kappa shape index (κ1) is 17.5. The van der Waals surface area contributed by atoms with Crippen LogP contribution < -0.4 is 10.1 Å². The van der Waals surface area contributed by atoms with Crippen molar-refractivity contribution >= 4 is 34.0 Å². The van der Waals surface area contributed by atoms with Gasteiger partial charge in [-0.3, -0.25) is 10.1 Å². The first-order valence-corrected chi connectivity index (χ1v) is 9.13. The second-order valence-electron chi connectivity index (χ2n) is 5.36. The molecule has 1 N–H and O–H groups in total. The molecule has 1 aromatic heterocycles. The maximum atomic E-state index is 12.0. The molecule has 0 saturated heterocycles. The number of aryl methyl sites for hydroxylation is 1. The van der Waals surface area contributed by atoms with Gasteiger partial charge in [-0.2, -0.15) is 0 Å². The lowest BCUT2D eigenvalue weighted by Gasteiger charge is -2.07. The minimum absolute atomic E-state index is 0.121. The first-order chi connectivity index (χ1) is 12.2. The summed E-state index contributed by atoms with van der Waals surface area (Å²) in [5.41, 5.74) is 3.15. The molecule has 0 spiro atoms. The number of hydrogen-bond acceptors (Lipinski definition) is 4. The van der Waals surface area contributed by atoms with E-state index in [-0.39, 0.29) is 12.5 Å². The Morgan fingerprint density at radius 3 is 2.68 bits per heavy atom. The van der Waals surface area contributed by atoms with Crippen LogP contribution in [0.25, 0.3) is 11.3 Å². The molecule has 25 heavy (non-hydrogen) atoms. The zero-order valence-corrected chi connectivity index (χ0v) is 15.2. The van der Waals surface area contributed by atoms with Gasteiger partial charge in [0.1, 0.15) is 5.75 Å². The van der Waals surface area contributed by atoms with E-state index in [1.54, 1.807) is 24.3 Å². The lowest BCUT2D eigenvalue weighted by molar-refractivity contribution is -0.118. The molecule has 1 heterocycles. The molecule has 1 amide bonds. The third-order valence-corrected chi connectivity index (χ3v) is 4.67. The van der Waals surface area contributed by atoms with Gasteiger partial charge < -0.3 is 4.74 Å². The van der Waals surface area contributed by atoms with Crippen molar-refractivity contribution < 1.29 is 9.53 Å². The van der Waals surface area contributed by atoms with Gasteiger partial charge in [-0.05, 0) is 24.1 Å². The second-order valence-corrected chi connectivity index (χ2v) is 6.62. The molecule has 0 atom stereocenters. The van der Waals surface area contributed by atoms with E-state index in [1.165, 1.54) is 16.9 Å². The van der Waals surface area contributed by atoms with Crippen LogP contribution in [0.3, 0.4) is 0 Å². The molecule has 0 bridgehead atoms. The van der Waals surface area contributed by atoms with Crippen LogP contribution in [0.4, 0.5) is 5.13 Å². The van der Waals surface area contributed by atoms with Crippen LogP contribution in [0.5, 0.6) is 5.75 Å². The fraction of sp³-hybridized carbons (Fsp3) is 0.158. The maximum absolute atomic E-state index is 12.0. The summed E-state index contributed by atoms with van der Waals surface area (Å²) in [6.45, 7) is 2.00. The minimum atomic E-state index is -0.276. The maximum Gasteiger partial charge on any atom is 0.264 e. The van der Waals surface area contributed by atoms with E-state index >= 15 is 0 Å². The topological polar surface area (TPSA) is 51.2 Å². The summed E-state index contributed by atoms with van der Waals surface area (Å²) < 4.78 is 5.42. The molecule has 0 aliphatic heterocycles. The number of anilines is 1. The predicted molar refractivity (Wildman–Crippen MR) is 103 cm³/mol. The van der Waals surface area contributed by atoms with Gasteiger partial charge >= 0.3 is 0 Å². The Hall–Kier alpha value is -2.37. The first-order valence-electron chi connectivity index (χ1n) is 7.87. The van der Waals surface area contributed by atoms with Crippen LogP contribution in [-0.2, 0) is 11.2 Å². The number of amides is 1. The number of ether oxygens (including phenoxy) is 1. The highest BCUT2D eigenvalue weighted by Gasteiger charge is 2.10. The van der Waals surface area contributed by atoms with Crippen molar-refractivity contribution in [1.29, 1.82) is 0 Å². The number of rotatable bonds is 6. The van der Waals surface area contributed by atoms with Gasteiger partial charge in [0.25, 0.3) is 5.91 Å². The molecule has 0 fully saturated rings. The van der Waals surface area contributed by atoms with Crippen LogP contribution in [0.1, 0.15) is 12.5 Å². The van der Waals surface area contributed by atoms with Gasteiger partial charge in [0.05, 0.1) is 10.7 Å². The highest BCUT2D eigenvalue weighted by atomic mass is 35.5. The molecule has 128 valence electrons. The quantitative estimate of drug-likeness (QED) is 0.659. The number of para-hydroxylation sites is 1. The standard InChI is InChI=1S/C19H17ClN2O2S/c1-2-13-7-9-14(10-8-13)16-12-25-19(21-16)22-18(23)11-24-17-6-4-3-5-15(17)20/h3-10,12H,2,11H2,1H3,(H,21,22,23). The Kier molecular flexibility index (Phi) is 5.68. The summed E-state index contributed by atoms with van der Waals surface area (Å²) in [5, 5.41) is 5.69. The van der Waals surface area contributed by atoms with Crippen molar-refractivity contribution in [3.63, 3.8) is 0 Å². The van der Waals surface area contributed by atoms with E-state index in [9.17, 15) is 4.79 Å². The number of carbonyl (C=O) groups excluding carboxylic acids is 1. The Morgan fingerprint density at radius 1 is 1.20 bits per heavy atom. The Bertz CT molecular complexity index is 862. The van der Waals surface area contributed by atoms with Crippen molar-refractivity contribution in [2.75, 3.05) is 11.9 Å². The van der Waals surface area contributed by atoms with Gasteiger partial charge in [-0.25, -0.2) is 4.98 Å². The summed E-state index contributed by atoms with van der Waals surface area (Å²) in [6, 6.07) is 15.3. The fourth-order valence-corrected chi connectivity index (χ4v) is 3.16. The predicted octanol–water partition coefficient (Wildman–Crippen LogP) is 5.04. The number of aromatic nitrogens is 1. The summed E-state index contributed by atoms with van der Waals surface area (Å²) >= 11 is 7.38. The number of thiazole rings is 1. The van der Waals surface area contributed by atoms with E-state index in [2.05, 4.69) is 29.4 Å². The number of halogens is 1. The molecule has 3 rings (SSSR count). The van der Waals surface area contributed by atoms with Crippen LogP contribution in [0.15, 0.2) is 53.9 Å². The number of carbonyl (C=O) groups is 1. The summed E-state index contributed by atoms with van der Waals surface area (Å²) in [6.07, 6.45) is 1.00. The Balaban J connectivity index is 1.59. The van der Waals surface area contributed by atoms with E-state index in [0.29, 0.717) is 15.9 Å². The SMILES string of the molecule is CCc1ccc(-c2csc(NC(=O)COc3ccccc3Cl)n2)cc1. The average Bonchev–Trinajstić information content (AvgIpc) is 3.09. The number of hydrogen-bond donors (Lipinski definition) is 1. The van der Waals surface area contributed by atoms with Gasteiger partial charge in [-0.15, -0.1) is 11.3 Å². The van der Waals surface area contributed by atoms with Crippen molar-refractivity contribution in [1.82, 2.24) is 4.98 Å². The van der Waals surface area contributed by atoms with Gasteiger partial charge in [-0.1, -0.05) is 54.9 Å². The lowest BCUT2D eigenvalue weighted by atomic mass is 10.1. The molecule has 3 aromatic rings. The van der Waals surface area contributed by atoms with E-state index < -0.39 is 0 Å². The van der Waals surface area contributed by atoms with E-state index in [1.807, 2.05) is 17.5 Å². The smallest absolute Gasteiger partial charge is 0.264 e. The minimum Gasteiger partial charge on any atom is -0.482 e. The number of benzene rings is 2. The molecular formula is C19H17ClN2O2S. The molecule has 2 aromatic carbocycles. The number of nitrogens with one attached hydrogen (secondary N) is 1. The van der Waals surface area contributed by atoms with Crippen molar-refractivity contribution in [2.24, 2.45) is 0 Å². The Labute approximate surface area is 155 Å². The van der Waals surface area contributed by atoms with Crippen molar-refractivity contribution in [3.8, 4) is 17.0 Å². The normalized spacial score (nSPS) is 10.5. The van der Waals surface area contributed by atoms with E-state index in [4.69, 9.17) is 16.3 Å². The van der Waals surface area contributed by atoms with Crippen molar-refractivity contribution in [3.05, 3.63) is 64.5 Å². The summed E-state index contributed by atoms with van der Waals surface area (Å²) in [7, 11) is 0. The molecule has 0 radical (unpaired) electrons. The largest absolute Gasteiger partial charge is 0.482 e. The van der Waals surface area contributed by atoms with Crippen LogP contribution in [-0.4, -0.2) is 17.5 Å². The van der Waals surface area contributed by atoms with Gasteiger partial charge in [0.2, 0.25) is 0 Å². The molecule has 0 aliphatic rings. The highest BCUT2D eigenvalue weighted by molar-refractivity contribution is 7.14. The third-order valence-electron chi connectivity index (χ3n) is 3.60. The van der Waals surface area contributed by atoms with Gasteiger partial charge in [0, 0.05) is 10.9 Å². The molecule has 4 nitrogen and oxygen atoms in total. The van der Waals surface area contributed by atoms with Crippen LogP contribution >= 0.6 is 22.9 Å². The lowest BCUT2D eigenvalue weighted by Crippen LogP contribution is -2.20. The monoisotopic (exact) mass is 372 g/mol. The van der Waals surface area contributed by atoms with Crippen molar-refractivity contribution in [2.45, 2.75) is 13.3 Å². The second kappa shape index (κ2) is 8.14. The molecule has 6 heteroatoms. The molecular weight excluding hydrogens is 356 g/mol. The average molecular weight is 373 g/mol. The highest BCUT2D eigenvalue weighted by Crippen LogP contribution is 2.26. The zero-order valence-electron chi connectivity index (χ0n) is 13.7. The summed E-state index contributed by atoms with van der Waals surface area (Å²) in [4.78, 5) is 16.5. The zero-order chi connectivity index (χ0) is 17.6. The summed E-state index contributed by atoms with van der Waals surface area (Å²) in [5.74, 6) is 0.206. The number of nitrogens with zero attached hydrogens (tertiary/aromatic N) is 1. The van der Waals surface area contributed by atoms with Gasteiger partial charge in [0.15, 0.2) is 11.7 Å². The van der Waals surface area contributed by atoms with Crippen LogP contribution in [0, 0.1) is 0 Å². The van der Waals surface area contributed by atoms with E-state index in [0.717, 1.165) is 17.7 Å². The Morgan fingerprint density at radius 2 is 1.96 bits per heavy atom.